The van der Waals surface area contributed by atoms with E-state index < -0.39 is 0 Å². The standard InChI is InChI=1S/C33H43ClN6O2/c1-19-13-23(34)7-10-29(19)42-18-30-37-28-16-24(8-9-25(28)31(41)39(30)6)36-32(40-12-11-35-20(2)17-40)38-27-15-22-14-26(21(27)3)33(22,4)5/h7-10,13,16,20-22,26-27,35H,11-12,14-15,17-18H2,1-6H3,(H,36,38)/t20-,21-,22+,26-,27-/m0/s1. The lowest BCUT2D eigenvalue weighted by Crippen LogP contribution is -2.57. The van der Waals surface area contributed by atoms with Gasteiger partial charge >= 0.3 is 0 Å². The number of halogens is 1. The molecule has 0 amide bonds. The summed E-state index contributed by atoms with van der Waals surface area (Å²) in [6, 6.07) is 12.0. The summed E-state index contributed by atoms with van der Waals surface area (Å²) in [6.45, 7) is 14.3. The van der Waals surface area contributed by atoms with E-state index in [2.05, 4.69) is 43.2 Å². The molecule has 4 aliphatic rings. The molecule has 3 aliphatic carbocycles. The van der Waals surface area contributed by atoms with Crippen molar-refractivity contribution in [2.45, 2.75) is 66.2 Å². The number of hydrogen-bond donors (Lipinski definition) is 2. The average molecular weight is 591 g/mol. The molecule has 1 saturated heterocycles. The Morgan fingerprint density at radius 1 is 1.21 bits per heavy atom. The maximum atomic E-state index is 13.3. The van der Waals surface area contributed by atoms with Crippen molar-refractivity contribution in [2.75, 3.05) is 25.0 Å². The van der Waals surface area contributed by atoms with Gasteiger partial charge < -0.3 is 20.3 Å². The lowest BCUT2D eigenvalue weighted by atomic mass is 9.45. The molecule has 0 radical (unpaired) electrons. The molecule has 2 heterocycles. The largest absolute Gasteiger partial charge is 0.485 e. The maximum Gasteiger partial charge on any atom is 0.261 e. The van der Waals surface area contributed by atoms with Crippen LogP contribution in [0.15, 0.2) is 46.2 Å². The highest BCUT2D eigenvalue weighted by Gasteiger charge is 2.56. The Kier molecular flexibility index (Phi) is 7.73. The first kappa shape index (κ1) is 29.0. The van der Waals surface area contributed by atoms with Gasteiger partial charge in [-0.25, -0.2) is 9.98 Å². The number of ether oxygens (including phenoxy) is 1. The van der Waals surface area contributed by atoms with Crippen molar-refractivity contribution in [1.29, 1.82) is 0 Å². The van der Waals surface area contributed by atoms with Gasteiger partial charge in [0.1, 0.15) is 18.2 Å². The highest BCUT2D eigenvalue weighted by atomic mass is 35.5. The third-order valence-corrected chi connectivity index (χ3v) is 10.4. The summed E-state index contributed by atoms with van der Waals surface area (Å²) in [5.41, 5.74) is 2.77. The van der Waals surface area contributed by atoms with Crippen molar-refractivity contribution in [3.8, 4) is 5.75 Å². The number of fused-ring (bicyclic) bond motifs is 3. The van der Waals surface area contributed by atoms with Crippen LogP contribution in [-0.2, 0) is 13.7 Å². The molecule has 3 saturated carbocycles. The number of hydrogen-bond acceptors (Lipinski definition) is 5. The van der Waals surface area contributed by atoms with E-state index in [4.69, 9.17) is 26.3 Å². The molecule has 0 unspecified atom stereocenters. The van der Waals surface area contributed by atoms with Crippen LogP contribution in [0.1, 0.15) is 51.9 Å². The molecule has 1 aliphatic heterocycles. The number of aryl methyl sites for hydroxylation is 1. The van der Waals surface area contributed by atoms with Crippen LogP contribution >= 0.6 is 11.6 Å². The fourth-order valence-electron chi connectivity index (χ4n) is 7.34. The van der Waals surface area contributed by atoms with Crippen LogP contribution in [0.5, 0.6) is 5.75 Å². The summed E-state index contributed by atoms with van der Waals surface area (Å²) in [6.07, 6.45) is 2.48. The third kappa shape index (κ3) is 5.39. The van der Waals surface area contributed by atoms with E-state index in [0.717, 1.165) is 55.1 Å². The Balaban J connectivity index is 1.29. The van der Waals surface area contributed by atoms with Crippen molar-refractivity contribution < 1.29 is 4.74 Å². The van der Waals surface area contributed by atoms with Crippen LogP contribution in [0.3, 0.4) is 0 Å². The van der Waals surface area contributed by atoms with Crippen LogP contribution in [0.2, 0.25) is 5.02 Å². The minimum atomic E-state index is -0.0966. The van der Waals surface area contributed by atoms with Gasteiger partial charge in [0.2, 0.25) is 0 Å². The first-order valence-electron chi connectivity index (χ1n) is 15.2. The summed E-state index contributed by atoms with van der Waals surface area (Å²) >= 11 is 6.10. The molecule has 42 heavy (non-hydrogen) atoms. The van der Waals surface area contributed by atoms with Gasteiger partial charge in [-0.15, -0.1) is 0 Å². The fourth-order valence-corrected chi connectivity index (χ4v) is 7.56. The van der Waals surface area contributed by atoms with E-state index in [9.17, 15) is 4.79 Å². The Labute approximate surface area is 253 Å². The monoisotopic (exact) mass is 590 g/mol. The van der Waals surface area contributed by atoms with Crippen LogP contribution in [0, 0.1) is 30.1 Å². The first-order chi connectivity index (χ1) is 20.0. The number of rotatable bonds is 5. The predicted molar refractivity (Wildman–Crippen MR) is 171 cm³/mol. The van der Waals surface area contributed by atoms with Crippen molar-refractivity contribution in [3.63, 3.8) is 0 Å². The molecule has 1 aromatic heterocycles. The molecule has 8 nitrogen and oxygen atoms in total. The molecule has 4 fully saturated rings. The van der Waals surface area contributed by atoms with Gasteiger partial charge in [0.05, 0.1) is 16.9 Å². The number of aliphatic imine (C=N–C) groups is 1. The molecule has 0 spiro atoms. The predicted octanol–water partition coefficient (Wildman–Crippen LogP) is 5.61. The molecule has 2 aromatic carbocycles. The van der Waals surface area contributed by atoms with Crippen LogP contribution in [0.4, 0.5) is 5.69 Å². The van der Waals surface area contributed by atoms with Gasteiger partial charge in [-0.2, -0.15) is 0 Å². The lowest BCUT2D eigenvalue weighted by Gasteiger charge is -2.61. The minimum absolute atomic E-state index is 0.0966. The Hall–Kier alpha value is -3.10. The zero-order valence-electron chi connectivity index (χ0n) is 25.6. The molecule has 5 atom stereocenters. The van der Waals surface area contributed by atoms with E-state index in [-0.39, 0.29) is 12.2 Å². The smallest absolute Gasteiger partial charge is 0.261 e. The summed E-state index contributed by atoms with van der Waals surface area (Å²) in [4.78, 5) is 25.9. The zero-order chi connectivity index (χ0) is 29.8. The number of benzene rings is 2. The van der Waals surface area contributed by atoms with Crippen molar-refractivity contribution in [1.82, 2.24) is 19.8 Å². The van der Waals surface area contributed by atoms with E-state index in [0.29, 0.717) is 50.9 Å². The van der Waals surface area contributed by atoms with E-state index in [1.165, 1.54) is 6.42 Å². The second-order valence-corrected chi connectivity index (χ2v) is 13.7. The summed E-state index contributed by atoms with van der Waals surface area (Å²) in [5, 5.41) is 8.45. The van der Waals surface area contributed by atoms with Crippen LogP contribution < -0.4 is 20.9 Å². The number of aromatic nitrogens is 2. The summed E-state index contributed by atoms with van der Waals surface area (Å²) in [7, 11) is 1.74. The number of nitrogens with one attached hydrogen (secondary N) is 2. The highest BCUT2D eigenvalue weighted by molar-refractivity contribution is 6.30. The number of nitrogens with zero attached hydrogens (tertiary/aromatic N) is 4. The fraction of sp³-hybridized carbons (Fsp3) is 0.545. The summed E-state index contributed by atoms with van der Waals surface area (Å²) < 4.78 is 7.60. The first-order valence-corrected chi connectivity index (χ1v) is 15.6. The lowest BCUT2D eigenvalue weighted by molar-refractivity contribution is -0.108. The van der Waals surface area contributed by atoms with Crippen molar-refractivity contribution >= 4 is 34.2 Å². The molecular formula is C33H43ClN6O2. The Bertz CT molecular complexity index is 1580. The zero-order valence-corrected chi connectivity index (χ0v) is 26.3. The molecular weight excluding hydrogens is 548 g/mol. The minimum Gasteiger partial charge on any atom is -0.485 e. The third-order valence-electron chi connectivity index (χ3n) is 10.2. The van der Waals surface area contributed by atoms with Crippen molar-refractivity contribution in [3.05, 3.63) is 63.2 Å². The van der Waals surface area contributed by atoms with Crippen LogP contribution in [0.25, 0.3) is 10.9 Å². The summed E-state index contributed by atoms with van der Waals surface area (Å²) in [5.74, 6) is 4.22. The maximum absolute atomic E-state index is 13.3. The van der Waals surface area contributed by atoms with Gasteiger partial charge in [0, 0.05) is 43.4 Å². The van der Waals surface area contributed by atoms with E-state index in [1.54, 1.807) is 17.7 Å². The Morgan fingerprint density at radius 2 is 2.02 bits per heavy atom. The van der Waals surface area contributed by atoms with Gasteiger partial charge in [-0.3, -0.25) is 9.36 Å². The number of anilines is 1. The average Bonchev–Trinajstić information content (AvgIpc) is 2.95. The Morgan fingerprint density at radius 3 is 2.74 bits per heavy atom. The highest BCUT2D eigenvalue weighted by Crippen LogP contribution is 2.61. The normalized spacial score (nSPS) is 27.1. The SMILES string of the molecule is Cc1cc(Cl)ccc1OCc1nc2cc(N/C(=N/[C@H]3C[C@H]4C[C@@H]([C@@H]3C)C4(C)C)N3CCN[C@@H](C)C3)ccc2c(=O)n1C. The number of guanidine groups is 1. The molecule has 224 valence electrons. The van der Waals surface area contributed by atoms with Crippen LogP contribution in [-0.4, -0.2) is 52.1 Å². The second-order valence-electron chi connectivity index (χ2n) is 13.2. The quantitative estimate of drug-likeness (QED) is 0.297. The topological polar surface area (TPSA) is 83.8 Å². The molecule has 7 rings (SSSR count). The number of piperazine rings is 1. The molecule has 3 aromatic rings. The second kappa shape index (κ2) is 11.2. The van der Waals surface area contributed by atoms with Crippen molar-refractivity contribution in [2.24, 2.45) is 35.2 Å². The van der Waals surface area contributed by atoms with E-state index in [1.807, 2.05) is 37.3 Å². The van der Waals surface area contributed by atoms with Gasteiger partial charge in [0.15, 0.2) is 5.96 Å². The van der Waals surface area contributed by atoms with E-state index >= 15 is 0 Å². The molecule has 2 N–H and O–H groups in total. The van der Waals surface area contributed by atoms with Gasteiger partial charge in [-0.05, 0) is 91.8 Å². The molecule has 2 bridgehead atoms. The van der Waals surface area contributed by atoms with Gasteiger partial charge in [-0.1, -0.05) is 32.4 Å². The van der Waals surface area contributed by atoms with Gasteiger partial charge in [0.25, 0.3) is 5.56 Å². The molecule has 9 heteroatoms.